The zero-order valence-electron chi connectivity index (χ0n) is 11.8. The van der Waals surface area contributed by atoms with Crippen LogP contribution in [0.1, 0.15) is 19.3 Å². The van der Waals surface area contributed by atoms with E-state index in [-0.39, 0.29) is 24.2 Å². The van der Waals surface area contributed by atoms with Gasteiger partial charge >= 0.3 is 0 Å². The summed E-state index contributed by atoms with van der Waals surface area (Å²) in [5, 5.41) is 0. The Morgan fingerprint density at radius 3 is 2.30 bits per heavy atom. The molecule has 1 aliphatic heterocycles. The molecule has 2 aliphatic rings. The lowest BCUT2D eigenvalue weighted by atomic mass is 9.94. The van der Waals surface area contributed by atoms with Crippen LogP contribution in [0.15, 0.2) is 0 Å². The standard InChI is InChI=1S/C12H23N3O3S.ClH/c1-19(17,18)15-7-5-14(6-8-15)12(16)11-4-2-3-10(11)9-13;/h10-11H,2-9,13H2,1H3;1H/t10-,11-;/m1./s1. The van der Waals surface area contributed by atoms with Crippen LogP contribution in [0.2, 0.25) is 0 Å². The Morgan fingerprint density at radius 1 is 1.20 bits per heavy atom. The van der Waals surface area contributed by atoms with Crippen molar-refractivity contribution in [1.82, 2.24) is 9.21 Å². The van der Waals surface area contributed by atoms with Crippen molar-refractivity contribution >= 4 is 28.3 Å². The minimum atomic E-state index is -3.13. The summed E-state index contributed by atoms with van der Waals surface area (Å²) in [6.07, 6.45) is 4.25. The fourth-order valence-electron chi connectivity index (χ4n) is 3.12. The van der Waals surface area contributed by atoms with Gasteiger partial charge in [0.25, 0.3) is 0 Å². The second-order valence-corrected chi connectivity index (χ2v) is 7.50. The summed E-state index contributed by atoms with van der Waals surface area (Å²) in [6.45, 7) is 2.38. The molecule has 1 heterocycles. The molecule has 2 rings (SSSR count). The highest BCUT2D eigenvalue weighted by molar-refractivity contribution is 7.88. The van der Waals surface area contributed by atoms with Crippen LogP contribution in [0.5, 0.6) is 0 Å². The van der Waals surface area contributed by atoms with Gasteiger partial charge in [-0.15, -0.1) is 12.4 Å². The highest BCUT2D eigenvalue weighted by Crippen LogP contribution is 2.32. The summed E-state index contributed by atoms with van der Waals surface area (Å²) in [4.78, 5) is 14.2. The SMILES string of the molecule is CS(=O)(=O)N1CCN(C(=O)[C@@H]2CCC[C@@H]2CN)CC1.Cl. The Morgan fingerprint density at radius 2 is 1.80 bits per heavy atom. The van der Waals surface area contributed by atoms with E-state index in [1.807, 2.05) is 0 Å². The van der Waals surface area contributed by atoms with Gasteiger partial charge in [-0.05, 0) is 25.3 Å². The van der Waals surface area contributed by atoms with E-state index in [0.29, 0.717) is 38.6 Å². The van der Waals surface area contributed by atoms with Crippen molar-refractivity contribution in [2.24, 2.45) is 17.6 Å². The number of amides is 1. The molecule has 2 N–H and O–H groups in total. The number of hydrogen-bond donors (Lipinski definition) is 1. The minimum absolute atomic E-state index is 0. The molecule has 1 saturated heterocycles. The van der Waals surface area contributed by atoms with Crippen molar-refractivity contribution in [2.75, 3.05) is 39.0 Å². The number of carbonyl (C=O) groups excluding carboxylic acids is 1. The molecule has 0 bridgehead atoms. The Bertz CT molecular complexity index is 435. The molecule has 1 amide bonds. The number of hydrogen-bond acceptors (Lipinski definition) is 4. The van der Waals surface area contributed by atoms with Crippen molar-refractivity contribution in [3.8, 4) is 0 Å². The molecule has 118 valence electrons. The largest absolute Gasteiger partial charge is 0.340 e. The predicted molar refractivity (Wildman–Crippen MR) is 80.1 cm³/mol. The van der Waals surface area contributed by atoms with Gasteiger partial charge in [0.05, 0.1) is 6.26 Å². The Labute approximate surface area is 127 Å². The van der Waals surface area contributed by atoms with E-state index in [0.717, 1.165) is 19.3 Å². The van der Waals surface area contributed by atoms with E-state index < -0.39 is 10.0 Å². The molecule has 8 heteroatoms. The molecule has 0 unspecified atom stereocenters. The first-order valence-electron chi connectivity index (χ1n) is 6.87. The molecule has 0 spiro atoms. The van der Waals surface area contributed by atoms with Gasteiger partial charge in [-0.1, -0.05) is 6.42 Å². The summed E-state index contributed by atoms with van der Waals surface area (Å²) in [6, 6.07) is 0. The van der Waals surface area contributed by atoms with Gasteiger partial charge < -0.3 is 10.6 Å². The third-order valence-corrected chi connectivity index (χ3v) is 5.60. The minimum Gasteiger partial charge on any atom is -0.340 e. The molecule has 20 heavy (non-hydrogen) atoms. The quantitative estimate of drug-likeness (QED) is 0.784. The van der Waals surface area contributed by atoms with Crippen molar-refractivity contribution in [3.63, 3.8) is 0 Å². The maximum atomic E-state index is 12.4. The average molecular weight is 326 g/mol. The Kier molecular flexibility index (Phi) is 6.25. The van der Waals surface area contributed by atoms with E-state index in [1.165, 1.54) is 10.6 Å². The van der Waals surface area contributed by atoms with Gasteiger partial charge in [-0.2, -0.15) is 4.31 Å². The number of nitrogens with two attached hydrogens (primary N) is 1. The monoisotopic (exact) mass is 325 g/mol. The summed E-state index contributed by atoms with van der Waals surface area (Å²) < 4.78 is 24.3. The Hall–Kier alpha value is -0.370. The van der Waals surface area contributed by atoms with Crippen LogP contribution < -0.4 is 5.73 Å². The van der Waals surface area contributed by atoms with Crippen LogP contribution in [0.3, 0.4) is 0 Å². The first-order valence-corrected chi connectivity index (χ1v) is 8.72. The topological polar surface area (TPSA) is 83.7 Å². The highest BCUT2D eigenvalue weighted by Gasteiger charge is 2.36. The van der Waals surface area contributed by atoms with Crippen molar-refractivity contribution in [1.29, 1.82) is 0 Å². The van der Waals surface area contributed by atoms with E-state index in [2.05, 4.69) is 0 Å². The molecule has 2 atom stereocenters. The molecule has 0 aromatic carbocycles. The van der Waals surface area contributed by atoms with E-state index >= 15 is 0 Å². The average Bonchev–Trinajstić information content (AvgIpc) is 2.85. The summed E-state index contributed by atoms with van der Waals surface area (Å²) in [5.74, 6) is 0.524. The number of piperazine rings is 1. The second-order valence-electron chi connectivity index (χ2n) is 5.52. The molecule has 2 fully saturated rings. The van der Waals surface area contributed by atoms with Crippen LogP contribution in [-0.2, 0) is 14.8 Å². The summed E-state index contributed by atoms with van der Waals surface area (Å²) in [7, 11) is -3.13. The van der Waals surface area contributed by atoms with Crippen LogP contribution in [-0.4, -0.2) is 62.5 Å². The number of halogens is 1. The lowest BCUT2D eigenvalue weighted by molar-refractivity contribution is -0.137. The van der Waals surface area contributed by atoms with Gasteiger partial charge in [0, 0.05) is 32.1 Å². The maximum absolute atomic E-state index is 12.4. The normalized spacial score (nSPS) is 28.2. The molecule has 6 nitrogen and oxygen atoms in total. The van der Waals surface area contributed by atoms with E-state index in [9.17, 15) is 13.2 Å². The zero-order valence-corrected chi connectivity index (χ0v) is 13.5. The summed E-state index contributed by atoms with van der Waals surface area (Å²) in [5.41, 5.74) is 5.71. The Balaban J connectivity index is 0.00000200. The molecule has 0 aromatic heterocycles. The molecule has 1 aliphatic carbocycles. The maximum Gasteiger partial charge on any atom is 0.226 e. The van der Waals surface area contributed by atoms with Gasteiger partial charge in [0.15, 0.2) is 0 Å². The zero-order chi connectivity index (χ0) is 14.0. The van der Waals surface area contributed by atoms with Gasteiger partial charge in [-0.25, -0.2) is 8.42 Å². The fraction of sp³-hybridized carbons (Fsp3) is 0.917. The van der Waals surface area contributed by atoms with Gasteiger partial charge in [-0.3, -0.25) is 4.79 Å². The number of sulfonamides is 1. The third kappa shape index (κ3) is 3.84. The van der Waals surface area contributed by atoms with Crippen molar-refractivity contribution in [3.05, 3.63) is 0 Å². The van der Waals surface area contributed by atoms with Crippen LogP contribution >= 0.6 is 12.4 Å². The number of carbonyl (C=O) groups is 1. The molecular weight excluding hydrogens is 302 g/mol. The number of nitrogens with zero attached hydrogens (tertiary/aromatic N) is 2. The molecule has 1 saturated carbocycles. The fourth-order valence-corrected chi connectivity index (χ4v) is 3.95. The van der Waals surface area contributed by atoms with Crippen LogP contribution in [0.4, 0.5) is 0 Å². The lowest BCUT2D eigenvalue weighted by Crippen LogP contribution is -2.52. The van der Waals surface area contributed by atoms with Crippen LogP contribution in [0.25, 0.3) is 0 Å². The van der Waals surface area contributed by atoms with Gasteiger partial charge in [0.1, 0.15) is 0 Å². The van der Waals surface area contributed by atoms with Gasteiger partial charge in [0.2, 0.25) is 15.9 Å². The second kappa shape index (κ2) is 7.06. The predicted octanol–water partition coefficient (Wildman–Crippen LogP) is -0.113. The van der Waals surface area contributed by atoms with E-state index in [4.69, 9.17) is 5.73 Å². The summed E-state index contributed by atoms with van der Waals surface area (Å²) >= 11 is 0. The molecular formula is C12H24ClN3O3S. The smallest absolute Gasteiger partial charge is 0.226 e. The number of rotatable bonds is 3. The molecule has 0 radical (unpaired) electrons. The molecule has 0 aromatic rings. The van der Waals surface area contributed by atoms with Crippen molar-refractivity contribution < 1.29 is 13.2 Å². The third-order valence-electron chi connectivity index (χ3n) is 4.30. The van der Waals surface area contributed by atoms with Crippen molar-refractivity contribution in [2.45, 2.75) is 19.3 Å². The highest BCUT2D eigenvalue weighted by atomic mass is 35.5. The lowest BCUT2D eigenvalue weighted by Gasteiger charge is -2.35. The first kappa shape index (κ1) is 17.7. The first-order chi connectivity index (χ1) is 8.93. The van der Waals surface area contributed by atoms with Crippen LogP contribution in [0, 0.1) is 11.8 Å². The van der Waals surface area contributed by atoms with E-state index in [1.54, 1.807) is 4.90 Å².